The first-order valence-electron chi connectivity index (χ1n) is 32.5. The molecule has 1 amide bonds. The van der Waals surface area contributed by atoms with Crippen LogP contribution in [0.25, 0.3) is 10.4 Å². The molecule has 101 heavy (non-hydrogen) atoms. The molecule has 0 radical (unpaired) electrons. The minimum Gasteiger partial charge on any atom is -0.463 e. The molecule has 35 nitrogen and oxygen atoms in total. The third kappa shape index (κ3) is 26.1. The molecule has 1 N–H and O–H groups in total. The molecule has 4 fully saturated rings. The Balaban J connectivity index is 1.47. The Morgan fingerprint density at radius 2 is 0.782 bits per heavy atom. The van der Waals surface area contributed by atoms with Gasteiger partial charge in [-0.05, 0) is 29.5 Å². The molecule has 6 rings (SSSR count). The topological polar surface area (TPSA) is 433 Å². The maximum atomic E-state index is 13.5. The van der Waals surface area contributed by atoms with Gasteiger partial charge < -0.3 is 100 Å². The molecule has 0 aromatic heterocycles. The molecule has 4 aliphatic rings. The quantitative estimate of drug-likeness (QED) is 0.0258. The fraction of sp³-hybridized carbons (Fsp3) is 0.652. The van der Waals surface area contributed by atoms with Gasteiger partial charge in [0.05, 0.1) is 26.4 Å². The highest BCUT2D eigenvalue weighted by atomic mass is 16.8. The SMILES string of the molecule is CC(=O)N[C@H]1[C@H](O[C@H]2[C@@H](OC(C)=O)[C@@H](COCc3ccccc3)O[C@@H](OCCCCCCN=[N+]=[N-])[C@@H]2OCc2ccccc2)O[C@H](CO[C@@H]2O[C@H](COC(C)=O)[C@@H](O[C@@H]3O[C@H](COC(C)=O)[C@H](OC(C)=O)[C@H](OC(C)=O)[C@H]3OC(C)=O)[C@H](OC(C)=O)[C@H]2OC(C)=O)[C@@H](OC(C)=O)[C@@H]1OC(C)=O. The summed E-state index contributed by atoms with van der Waals surface area (Å²) in [6.45, 7) is 8.79. The lowest BCUT2D eigenvalue weighted by Gasteiger charge is -2.50. The van der Waals surface area contributed by atoms with E-state index in [4.69, 9.17) is 100 Å². The van der Waals surface area contributed by atoms with Crippen LogP contribution in [0.4, 0.5) is 0 Å². The molecule has 0 aliphatic carbocycles. The third-order valence-corrected chi connectivity index (χ3v) is 15.3. The molecule has 2 aromatic carbocycles. The van der Waals surface area contributed by atoms with Gasteiger partial charge in [0.2, 0.25) is 5.91 Å². The molecule has 4 aliphatic heterocycles. The van der Waals surface area contributed by atoms with Crippen LogP contribution in [0, 0.1) is 0 Å². The van der Waals surface area contributed by atoms with Crippen LogP contribution in [-0.2, 0) is 161 Å². The number of benzene rings is 2. The third-order valence-electron chi connectivity index (χ3n) is 15.3. The van der Waals surface area contributed by atoms with E-state index in [1.54, 1.807) is 30.3 Å². The van der Waals surface area contributed by atoms with Crippen LogP contribution < -0.4 is 5.32 Å². The number of amides is 1. The van der Waals surface area contributed by atoms with Gasteiger partial charge in [-0.2, -0.15) is 0 Å². The molecule has 0 saturated carbocycles. The van der Waals surface area contributed by atoms with E-state index in [1.165, 1.54) is 0 Å². The van der Waals surface area contributed by atoms with E-state index in [-0.39, 0.29) is 33.0 Å². The van der Waals surface area contributed by atoms with Gasteiger partial charge in [-0.25, -0.2) is 0 Å². The van der Waals surface area contributed by atoms with Crippen molar-refractivity contribution in [2.45, 2.75) is 238 Å². The molecule has 0 unspecified atom stereocenters. The molecule has 20 atom stereocenters. The minimum absolute atomic E-state index is 0.0547. The Morgan fingerprint density at radius 1 is 0.386 bits per heavy atom. The lowest BCUT2D eigenvalue weighted by Crippen LogP contribution is -2.70. The maximum Gasteiger partial charge on any atom is 0.303 e. The van der Waals surface area contributed by atoms with Gasteiger partial charge in [0.15, 0.2) is 74.0 Å². The molecule has 558 valence electrons. The second-order valence-corrected chi connectivity index (χ2v) is 23.6. The summed E-state index contributed by atoms with van der Waals surface area (Å²) >= 11 is 0. The first kappa shape index (κ1) is 81.5. The van der Waals surface area contributed by atoms with E-state index in [1.807, 2.05) is 30.3 Å². The van der Waals surface area contributed by atoms with E-state index in [2.05, 4.69) is 15.3 Å². The molecule has 4 saturated heterocycles. The molecule has 0 bridgehead atoms. The van der Waals surface area contributed by atoms with Crippen molar-refractivity contribution < 1.29 is 147 Å². The second-order valence-electron chi connectivity index (χ2n) is 23.6. The normalized spacial score (nSPS) is 29.1. The van der Waals surface area contributed by atoms with Crippen molar-refractivity contribution in [3.8, 4) is 0 Å². The van der Waals surface area contributed by atoms with Gasteiger partial charge in [0.1, 0.15) is 62.0 Å². The number of azide groups is 1. The summed E-state index contributed by atoms with van der Waals surface area (Å²) in [6.07, 6.45) is -30.5. The van der Waals surface area contributed by atoms with Crippen molar-refractivity contribution in [3.63, 3.8) is 0 Å². The average Bonchev–Trinajstić information content (AvgIpc) is 0.771. The first-order chi connectivity index (χ1) is 48.1. The highest BCUT2D eigenvalue weighted by Crippen LogP contribution is 2.39. The number of unbranched alkanes of at least 4 members (excludes halogenated alkanes) is 3. The number of nitrogens with one attached hydrogen (secondary N) is 1. The Hall–Kier alpha value is -8.48. The number of carbonyl (C=O) groups excluding carboxylic acids is 11. The minimum atomic E-state index is -2.03. The van der Waals surface area contributed by atoms with E-state index >= 15 is 0 Å². The predicted molar refractivity (Wildman–Crippen MR) is 335 cm³/mol. The smallest absolute Gasteiger partial charge is 0.303 e. The number of hydrogen-bond donors (Lipinski definition) is 1. The number of nitrogens with zero attached hydrogens (tertiary/aromatic N) is 3. The zero-order chi connectivity index (χ0) is 73.9. The first-order valence-corrected chi connectivity index (χ1v) is 32.5. The number of rotatable bonds is 35. The summed E-state index contributed by atoms with van der Waals surface area (Å²) < 4.78 is 123. The summed E-state index contributed by atoms with van der Waals surface area (Å²) in [4.78, 5) is 147. The van der Waals surface area contributed by atoms with Crippen LogP contribution in [0.5, 0.6) is 0 Å². The molecule has 2 aromatic rings. The van der Waals surface area contributed by atoms with Gasteiger partial charge in [0, 0.05) is 94.2 Å². The van der Waals surface area contributed by atoms with E-state index in [0.29, 0.717) is 31.2 Å². The molecular formula is C66H88N4O31. The second kappa shape index (κ2) is 40.8. The standard InChI is InChI=1S/C66H88N4O31/c1-34(71)69-51-56(91-40(7)77)52(88-37(4)74)50(96-63(51)101-57-53(89-38(5)75)47(30-82-28-45-22-16-14-17-23-45)97-64(83-27-21-13-12-20-26-68-70-67)60(57)86-29-46-24-18-15-19-25-46)33-87-65-61(94-43(10)80)59(93-42(9)79)55(49(98-65)32-85-36(3)73)100-66-62(95-44(11)81)58(92-41(8)78)54(90-39(6)76)48(99-66)31-84-35(2)72/h14-19,22-25,47-66H,12-13,20-21,26-33H2,1-11H3,(H,69,71)/t47-,48-,49-,50-,51-,52-,53+,54+,55-,56-,57+,58+,59+,60-,61-,62-,63+,64-,65-,66+/m1/s1. The number of ether oxygens (including phenoxy) is 20. The molecular weight excluding hydrogens is 1340 g/mol. The predicted octanol–water partition coefficient (Wildman–Crippen LogP) is 3.45. The van der Waals surface area contributed by atoms with Crippen molar-refractivity contribution in [2.75, 3.05) is 39.6 Å². The zero-order valence-electron chi connectivity index (χ0n) is 57.8. The summed E-state index contributed by atoms with van der Waals surface area (Å²) in [5.41, 5.74) is 10.2. The Labute approximate surface area is 581 Å². The highest BCUT2D eigenvalue weighted by Gasteiger charge is 2.60. The fourth-order valence-corrected chi connectivity index (χ4v) is 11.5. The largest absolute Gasteiger partial charge is 0.463 e. The Morgan fingerprint density at radius 3 is 1.30 bits per heavy atom. The molecule has 0 spiro atoms. The monoisotopic (exact) mass is 1430 g/mol. The van der Waals surface area contributed by atoms with Gasteiger partial charge in [-0.3, -0.25) is 52.7 Å². The van der Waals surface area contributed by atoms with Crippen LogP contribution >= 0.6 is 0 Å². The lowest BCUT2D eigenvalue weighted by molar-refractivity contribution is -0.370. The van der Waals surface area contributed by atoms with Crippen LogP contribution in [-0.4, -0.2) is 228 Å². The molecule has 4 heterocycles. The van der Waals surface area contributed by atoms with Gasteiger partial charge in [-0.15, -0.1) is 0 Å². The van der Waals surface area contributed by atoms with Crippen LogP contribution in [0.2, 0.25) is 0 Å². The van der Waals surface area contributed by atoms with Crippen molar-refractivity contribution in [1.82, 2.24) is 5.32 Å². The zero-order valence-corrected chi connectivity index (χ0v) is 57.8. The number of esters is 10. The molecule has 35 heteroatoms. The number of carbonyl (C=O) groups is 11. The summed E-state index contributed by atoms with van der Waals surface area (Å²) in [6, 6.07) is 16.3. The fourth-order valence-electron chi connectivity index (χ4n) is 11.5. The Kier molecular flexibility index (Phi) is 32.9. The van der Waals surface area contributed by atoms with E-state index < -0.39 is 208 Å². The summed E-state index contributed by atoms with van der Waals surface area (Å²) in [5.74, 6) is -10.5. The van der Waals surface area contributed by atoms with Crippen molar-refractivity contribution in [1.29, 1.82) is 0 Å². The average molecular weight is 1430 g/mol. The van der Waals surface area contributed by atoms with Crippen molar-refractivity contribution >= 4 is 65.6 Å². The van der Waals surface area contributed by atoms with Gasteiger partial charge in [0.25, 0.3) is 0 Å². The van der Waals surface area contributed by atoms with Crippen molar-refractivity contribution in [2.24, 2.45) is 5.11 Å². The number of hydrogen-bond acceptors (Lipinski definition) is 32. The summed E-state index contributed by atoms with van der Waals surface area (Å²) in [7, 11) is 0. The van der Waals surface area contributed by atoms with Crippen LogP contribution in [0.15, 0.2) is 65.8 Å². The van der Waals surface area contributed by atoms with E-state index in [0.717, 1.165) is 81.7 Å². The lowest BCUT2D eigenvalue weighted by atomic mass is 9.94. The summed E-state index contributed by atoms with van der Waals surface area (Å²) in [5, 5.41) is 6.30. The maximum absolute atomic E-state index is 13.5. The van der Waals surface area contributed by atoms with Crippen LogP contribution in [0.1, 0.15) is 113 Å². The van der Waals surface area contributed by atoms with Gasteiger partial charge >= 0.3 is 59.7 Å². The van der Waals surface area contributed by atoms with Crippen molar-refractivity contribution in [3.05, 3.63) is 82.2 Å². The van der Waals surface area contributed by atoms with Crippen LogP contribution in [0.3, 0.4) is 0 Å². The highest BCUT2D eigenvalue weighted by molar-refractivity contribution is 5.74. The van der Waals surface area contributed by atoms with E-state index in [9.17, 15) is 52.7 Å². The van der Waals surface area contributed by atoms with Gasteiger partial charge in [-0.1, -0.05) is 78.6 Å². The Bertz CT molecular complexity index is 3140.